The van der Waals surface area contributed by atoms with Gasteiger partial charge in [-0.2, -0.15) is 0 Å². The Kier molecular flexibility index (Phi) is 5.51. The van der Waals surface area contributed by atoms with E-state index < -0.39 is 0 Å². The molecule has 0 heterocycles. The minimum atomic E-state index is 0.110. The minimum Gasteiger partial charge on any atom is -0.489 e. The molecule has 3 fully saturated rings. The lowest BCUT2D eigenvalue weighted by molar-refractivity contribution is -0.127. The molecule has 0 amide bonds. The van der Waals surface area contributed by atoms with Crippen molar-refractivity contribution < 1.29 is 14.2 Å². The van der Waals surface area contributed by atoms with Crippen LogP contribution in [0.3, 0.4) is 0 Å². The van der Waals surface area contributed by atoms with Gasteiger partial charge in [-0.3, -0.25) is 0 Å². The lowest BCUT2D eigenvalue weighted by Gasteiger charge is -2.53. The van der Waals surface area contributed by atoms with Gasteiger partial charge in [-0.25, -0.2) is 0 Å². The molecule has 0 saturated heterocycles. The molecular weight excluding hydrogens is 336 g/mol. The van der Waals surface area contributed by atoms with E-state index in [1.807, 2.05) is 18.2 Å². The molecule has 0 unspecified atom stereocenters. The molecule has 0 N–H and O–H groups in total. The lowest BCUT2D eigenvalue weighted by Crippen LogP contribution is -2.50. The summed E-state index contributed by atoms with van der Waals surface area (Å²) in [5, 5.41) is 0. The highest BCUT2D eigenvalue weighted by Crippen LogP contribution is 2.55. The predicted molar refractivity (Wildman–Crippen MR) is 107 cm³/mol. The van der Waals surface area contributed by atoms with E-state index in [-0.39, 0.29) is 5.60 Å². The molecule has 3 heteroatoms. The minimum absolute atomic E-state index is 0.110. The summed E-state index contributed by atoms with van der Waals surface area (Å²) in [5.74, 6) is 0.947. The summed E-state index contributed by atoms with van der Waals surface area (Å²) in [6, 6.07) is 19.2. The lowest BCUT2D eigenvalue weighted by atomic mass is 9.56. The summed E-state index contributed by atoms with van der Waals surface area (Å²) in [6.07, 6.45) is 7.19. The fourth-order valence-corrected chi connectivity index (χ4v) is 4.79. The van der Waals surface area contributed by atoms with Crippen LogP contribution < -0.4 is 4.74 Å². The molecule has 0 spiro atoms. The maximum Gasteiger partial charge on any atom is 0.119 e. The second-order valence-electron chi connectivity index (χ2n) is 8.10. The van der Waals surface area contributed by atoms with Gasteiger partial charge < -0.3 is 14.2 Å². The number of hydrogen-bond donors (Lipinski definition) is 0. The quantitative estimate of drug-likeness (QED) is 0.596. The topological polar surface area (TPSA) is 27.7 Å². The first-order valence-electron chi connectivity index (χ1n) is 10.1. The van der Waals surface area contributed by atoms with Crippen LogP contribution in [0.4, 0.5) is 0 Å². The van der Waals surface area contributed by atoms with E-state index in [0.717, 1.165) is 12.4 Å². The van der Waals surface area contributed by atoms with E-state index in [0.29, 0.717) is 18.6 Å². The number of benzene rings is 2. The third-order valence-electron chi connectivity index (χ3n) is 6.59. The molecule has 3 nitrogen and oxygen atoms in total. The molecular formula is C24H30O3. The molecule has 0 aliphatic heterocycles. The first kappa shape index (κ1) is 18.5. The molecule has 2 bridgehead atoms. The molecule has 27 heavy (non-hydrogen) atoms. The Bertz CT molecular complexity index is 699. The predicted octanol–water partition coefficient (Wildman–Crippen LogP) is 5.27. The normalized spacial score (nSPS) is 26.9. The molecule has 0 aromatic heterocycles. The van der Waals surface area contributed by atoms with Crippen molar-refractivity contribution in [3.05, 3.63) is 65.7 Å². The smallest absolute Gasteiger partial charge is 0.119 e. The van der Waals surface area contributed by atoms with Crippen LogP contribution >= 0.6 is 0 Å². The van der Waals surface area contributed by atoms with Crippen LogP contribution in [0, 0.1) is 0 Å². The van der Waals surface area contributed by atoms with Gasteiger partial charge >= 0.3 is 0 Å². The van der Waals surface area contributed by atoms with Crippen molar-refractivity contribution in [1.82, 2.24) is 0 Å². The Balaban J connectivity index is 1.36. The summed E-state index contributed by atoms with van der Waals surface area (Å²) in [6.45, 7) is 2.03. The van der Waals surface area contributed by atoms with Crippen molar-refractivity contribution in [2.24, 2.45) is 0 Å². The first-order valence-corrected chi connectivity index (χ1v) is 10.1. The van der Waals surface area contributed by atoms with Crippen molar-refractivity contribution in [3.63, 3.8) is 0 Å². The van der Waals surface area contributed by atoms with E-state index in [1.54, 1.807) is 7.11 Å². The number of hydrogen-bond acceptors (Lipinski definition) is 3. The maximum atomic E-state index is 6.23. The van der Waals surface area contributed by atoms with Crippen LogP contribution in [-0.4, -0.2) is 25.9 Å². The number of ether oxygens (including phenoxy) is 3. The van der Waals surface area contributed by atoms with Crippen LogP contribution in [0.25, 0.3) is 0 Å². The Hall–Kier alpha value is -1.84. The Morgan fingerprint density at radius 2 is 1.44 bits per heavy atom. The zero-order chi connectivity index (χ0) is 18.6. The van der Waals surface area contributed by atoms with Gasteiger partial charge in [0, 0.05) is 7.11 Å². The monoisotopic (exact) mass is 366 g/mol. The largest absolute Gasteiger partial charge is 0.489 e. The van der Waals surface area contributed by atoms with E-state index >= 15 is 0 Å². The van der Waals surface area contributed by atoms with Crippen molar-refractivity contribution in [1.29, 1.82) is 0 Å². The van der Waals surface area contributed by atoms with E-state index in [1.165, 1.54) is 49.7 Å². The van der Waals surface area contributed by atoms with Crippen LogP contribution in [0.5, 0.6) is 5.75 Å². The van der Waals surface area contributed by atoms with Crippen molar-refractivity contribution in [2.75, 3.05) is 20.3 Å². The summed E-state index contributed by atoms with van der Waals surface area (Å²) in [7, 11) is 1.74. The average Bonchev–Trinajstić information content (AvgIpc) is 2.75. The van der Waals surface area contributed by atoms with E-state index in [2.05, 4.69) is 36.4 Å². The number of methoxy groups -OCH3 is 1. The molecule has 0 atom stereocenters. The number of rotatable bonds is 8. The molecule has 2 aromatic carbocycles. The third-order valence-corrected chi connectivity index (χ3v) is 6.59. The zero-order valence-electron chi connectivity index (χ0n) is 16.3. The van der Waals surface area contributed by atoms with Gasteiger partial charge in [0.1, 0.15) is 12.4 Å². The van der Waals surface area contributed by atoms with E-state index in [4.69, 9.17) is 14.2 Å². The Morgan fingerprint density at radius 1 is 0.778 bits per heavy atom. The van der Waals surface area contributed by atoms with Gasteiger partial charge in [0.15, 0.2) is 0 Å². The molecule has 2 aromatic rings. The van der Waals surface area contributed by atoms with Gasteiger partial charge in [0.05, 0.1) is 18.8 Å². The van der Waals surface area contributed by atoms with Crippen molar-refractivity contribution in [2.45, 2.75) is 56.1 Å². The summed E-state index contributed by atoms with van der Waals surface area (Å²) < 4.78 is 17.3. The second-order valence-corrected chi connectivity index (χ2v) is 8.10. The highest BCUT2D eigenvalue weighted by atomic mass is 16.5. The second kappa shape index (κ2) is 8.04. The summed E-state index contributed by atoms with van der Waals surface area (Å²) >= 11 is 0. The van der Waals surface area contributed by atoms with E-state index in [9.17, 15) is 0 Å². The Morgan fingerprint density at radius 3 is 2.07 bits per heavy atom. The van der Waals surface area contributed by atoms with Crippen LogP contribution in [0.1, 0.15) is 49.7 Å². The van der Waals surface area contributed by atoms with Gasteiger partial charge in [0.25, 0.3) is 0 Å². The molecule has 144 valence electrons. The Labute approximate surface area is 162 Å². The average molecular weight is 367 g/mol. The van der Waals surface area contributed by atoms with Crippen LogP contribution in [0.15, 0.2) is 54.6 Å². The molecule has 5 rings (SSSR count). The van der Waals surface area contributed by atoms with Crippen LogP contribution in [0.2, 0.25) is 0 Å². The maximum absolute atomic E-state index is 6.23. The van der Waals surface area contributed by atoms with Crippen molar-refractivity contribution >= 4 is 0 Å². The van der Waals surface area contributed by atoms with Gasteiger partial charge in [-0.1, -0.05) is 42.5 Å². The fraction of sp³-hybridized carbons (Fsp3) is 0.500. The summed E-state index contributed by atoms with van der Waals surface area (Å²) in [4.78, 5) is 0. The number of fused-ring (bicyclic) bond motifs is 3. The third kappa shape index (κ3) is 4.04. The zero-order valence-corrected chi connectivity index (χ0v) is 16.3. The molecule has 3 saturated carbocycles. The fourth-order valence-electron chi connectivity index (χ4n) is 4.79. The summed E-state index contributed by atoms with van der Waals surface area (Å²) in [5.41, 5.74) is 3.12. The molecule has 0 radical (unpaired) electrons. The highest BCUT2D eigenvalue weighted by molar-refractivity contribution is 5.34. The molecule has 3 aliphatic carbocycles. The van der Waals surface area contributed by atoms with Gasteiger partial charge in [0.2, 0.25) is 0 Å². The standard InChI is InChI=1S/C24H30O3/c1-25-17-18-27-24-14-11-23(12-15-24,13-16-24)21-7-9-22(10-8-21)26-19-20-5-3-2-4-6-20/h2-10H,11-19H2,1H3. The SMILES string of the molecule is COCCOC12CCC(c3ccc(OCc4ccccc4)cc3)(CC1)CC2. The molecule has 3 aliphatic rings. The highest BCUT2D eigenvalue weighted by Gasteiger charge is 2.49. The van der Waals surface area contributed by atoms with Gasteiger partial charge in [-0.15, -0.1) is 0 Å². The van der Waals surface area contributed by atoms with Crippen molar-refractivity contribution in [3.8, 4) is 5.75 Å². The van der Waals surface area contributed by atoms with Gasteiger partial charge in [-0.05, 0) is 67.2 Å². The van der Waals surface area contributed by atoms with Crippen LogP contribution in [-0.2, 0) is 21.5 Å². The first-order chi connectivity index (χ1) is 13.2.